The Bertz CT molecular complexity index is 1520. The third kappa shape index (κ3) is 4.17. The fraction of sp³-hybridized carbons (Fsp3) is 0.200. The van der Waals surface area contributed by atoms with Crippen LogP contribution in [0.2, 0.25) is 0 Å². The van der Waals surface area contributed by atoms with Crippen LogP contribution in [0, 0.1) is 0 Å². The molecule has 9 nitrogen and oxygen atoms in total. The summed E-state index contributed by atoms with van der Waals surface area (Å²) in [7, 11) is 1.63. The highest BCUT2D eigenvalue weighted by Crippen LogP contribution is 2.30. The van der Waals surface area contributed by atoms with Crippen molar-refractivity contribution in [2.24, 2.45) is 0 Å². The maximum atomic E-state index is 13.1. The zero-order chi connectivity index (χ0) is 23.8. The number of thiazole rings is 1. The quantitative estimate of drug-likeness (QED) is 0.346. The average Bonchev–Trinajstić information content (AvgIpc) is 3.52. The Morgan fingerprint density at radius 1 is 1.11 bits per heavy atom. The smallest absolute Gasteiger partial charge is 0.259 e. The Hall–Kier alpha value is -4.02. The van der Waals surface area contributed by atoms with Crippen molar-refractivity contribution in [3.63, 3.8) is 0 Å². The minimum atomic E-state index is -0.258. The molecule has 1 aliphatic rings. The van der Waals surface area contributed by atoms with Crippen LogP contribution in [-0.2, 0) is 0 Å². The highest BCUT2D eigenvalue weighted by Gasteiger charge is 2.17. The van der Waals surface area contributed by atoms with E-state index in [4.69, 9.17) is 9.72 Å². The van der Waals surface area contributed by atoms with Gasteiger partial charge < -0.3 is 19.9 Å². The van der Waals surface area contributed by atoms with Gasteiger partial charge in [-0.3, -0.25) is 10.1 Å². The normalized spacial score (nSPS) is 13.9. The summed E-state index contributed by atoms with van der Waals surface area (Å²) in [4.78, 5) is 32.6. The fourth-order valence-electron chi connectivity index (χ4n) is 4.21. The van der Waals surface area contributed by atoms with Crippen molar-refractivity contribution in [1.82, 2.24) is 25.3 Å². The van der Waals surface area contributed by atoms with Gasteiger partial charge in [-0.25, -0.2) is 15.0 Å². The van der Waals surface area contributed by atoms with Gasteiger partial charge in [-0.2, -0.15) is 0 Å². The lowest BCUT2D eigenvalue weighted by Crippen LogP contribution is -2.43. The largest absolute Gasteiger partial charge is 0.497 e. The number of hydrogen-bond donors (Lipinski definition) is 3. The molecule has 1 aliphatic heterocycles. The highest BCUT2D eigenvalue weighted by molar-refractivity contribution is 7.22. The molecule has 3 N–H and O–H groups in total. The number of hydrogen-bond acceptors (Lipinski definition) is 8. The number of methoxy groups -OCH3 is 1. The van der Waals surface area contributed by atoms with Gasteiger partial charge in [-0.05, 0) is 42.5 Å². The minimum Gasteiger partial charge on any atom is -0.497 e. The van der Waals surface area contributed by atoms with Crippen LogP contribution >= 0.6 is 11.3 Å². The molecule has 0 unspecified atom stereocenters. The molecule has 3 aromatic heterocycles. The van der Waals surface area contributed by atoms with E-state index in [1.54, 1.807) is 13.2 Å². The van der Waals surface area contributed by atoms with Crippen molar-refractivity contribution in [3.8, 4) is 17.1 Å². The summed E-state index contributed by atoms with van der Waals surface area (Å²) in [5.41, 5.74) is 3.55. The van der Waals surface area contributed by atoms with Gasteiger partial charge >= 0.3 is 0 Å². The second-order valence-electron chi connectivity index (χ2n) is 8.24. The first-order valence-corrected chi connectivity index (χ1v) is 12.2. The number of fused-ring (bicyclic) bond motifs is 2. The van der Waals surface area contributed by atoms with E-state index in [1.807, 2.05) is 48.7 Å². The number of carbonyl (C=O) groups excluding carboxylic acids is 1. The molecule has 0 radical (unpaired) electrons. The molecular weight excluding hydrogens is 462 g/mol. The fourth-order valence-corrected chi connectivity index (χ4v) is 5.10. The zero-order valence-electron chi connectivity index (χ0n) is 19.0. The van der Waals surface area contributed by atoms with E-state index in [2.05, 4.69) is 30.5 Å². The van der Waals surface area contributed by atoms with Crippen LogP contribution in [0.5, 0.6) is 5.75 Å². The van der Waals surface area contributed by atoms with Gasteiger partial charge in [0, 0.05) is 37.9 Å². The molecule has 1 fully saturated rings. The number of H-pyrrole nitrogens is 1. The predicted molar refractivity (Wildman–Crippen MR) is 139 cm³/mol. The summed E-state index contributed by atoms with van der Waals surface area (Å²) >= 11 is 1.40. The lowest BCUT2D eigenvalue weighted by Gasteiger charge is -2.28. The monoisotopic (exact) mass is 485 g/mol. The Labute approximate surface area is 205 Å². The topological polar surface area (TPSA) is 108 Å². The van der Waals surface area contributed by atoms with Crippen molar-refractivity contribution in [2.75, 3.05) is 43.5 Å². The molecule has 0 aliphatic carbocycles. The predicted octanol–water partition coefficient (Wildman–Crippen LogP) is 3.91. The molecular formula is C25H23N7O2S. The molecule has 0 atom stereocenters. The zero-order valence-corrected chi connectivity index (χ0v) is 19.9. The molecule has 5 aromatic rings. The number of para-hydroxylation sites is 1. The average molecular weight is 486 g/mol. The molecule has 6 rings (SSSR count). The minimum absolute atomic E-state index is 0.258. The van der Waals surface area contributed by atoms with Crippen molar-refractivity contribution in [3.05, 3.63) is 60.3 Å². The van der Waals surface area contributed by atoms with E-state index in [9.17, 15) is 4.79 Å². The van der Waals surface area contributed by atoms with E-state index in [0.717, 1.165) is 59.0 Å². The van der Waals surface area contributed by atoms with Crippen molar-refractivity contribution in [2.45, 2.75) is 0 Å². The lowest BCUT2D eigenvalue weighted by molar-refractivity contribution is 0.102. The Morgan fingerprint density at radius 2 is 2.00 bits per heavy atom. The molecule has 35 heavy (non-hydrogen) atoms. The summed E-state index contributed by atoms with van der Waals surface area (Å²) in [6, 6.07) is 15.2. The first-order valence-electron chi connectivity index (χ1n) is 11.3. The van der Waals surface area contributed by atoms with Crippen LogP contribution in [0.25, 0.3) is 32.6 Å². The van der Waals surface area contributed by atoms with Crippen LogP contribution in [0.15, 0.2) is 54.7 Å². The number of carbonyl (C=O) groups is 1. The molecule has 1 amide bonds. The SMILES string of the molecule is COc1ccc2nc(NC(=O)c3cccc4[nH]c(-c5ccc(N6CCNCC6)nc5)nc34)sc2c1. The van der Waals surface area contributed by atoms with E-state index >= 15 is 0 Å². The number of anilines is 2. The van der Waals surface area contributed by atoms with Gasteiger partial charge in [0.2, 0.25) is 0 Å². The number of amides is 1. The van der Waals surface area contributed by atoms with Crippen molar-refractivity contribution >= 4 is 49.4 Å². The molecule has 1 saturated heterocycles. The number of ether oxygens (including phenoxy) is 1. The van der Waals surface area contributed by atoms with Crippen LogP contribution in [0.4, 0.5) is 10.9 Å². The van der Waals surface area contributed by atoms with E-state index < -0.39 is 0 Å². The standard InChI is InChI=1S/C25H23N7O2S/c1-34-16-6-7-18-20(13-16)35-25(29-18)31-24(33)17-3-2-4-19-22(17)30-23(28-19)15-5-8-21(27-14-15)32-11-9-26-10-12-32/h2-8,13-14,26H,9-12H2,1H3,(H,28,30)(H,29,31,33). The second kappa shape index (κ2) is 8.97. The molecule has 0 bridgehead atoms. The molecule has 176 valence electrons. The van der Waals surface area contributed by atoms with Gasteiger partial charge in [0.15, 0.2) is 5.13 Å². The van der Waals surface area contributed by atoms with Gasteiger partial charge in [0.25, 0.3) is 5.91 Å². The molecule has 10 heteroatoms. The van der Waals surface area contributed by atoms with Crippen molar-refractivity contribution < 1.29 is 9.53 Å². The number of aromatic amines is 1. The van der Waals surface area contributed by atoms with Crippen LogP contribution in [0.1, 0.15) is 10.4 Å². The molecule has 0 spiro atoms. The third-order valence-corrected chi connectivity index (χ3v) is 6.97. The number of imidazole rings is 1. The van der Waals surface area contributed by atoms with Gasteiger partial charge in [-0.15, -0.1) is 0 Å². The number of pyridine rings is 1. The maximum Gasteiger partial charge on any atom is 0.259 e. The Balaban J connectivity index is 1.26. The summed E-state index contributed by atoms with van der Waals surface area (Å²) < 4.78 is 6.22. The maximum absolute atomic E-state index is 13.1. The molecule has 2 aromatic carbocycles. The van der Waals surface area contributed by atoms with Crippen molar-refractivity contribution in [1.29, 1.82) is 0 Å². The summed E-state index contributed by atoms with van der Waals surface area (Å²) in [6.07, 6.45) is 1.82. The van der Waals surface area contributed by atoms with Crippen LogP contribution < -0.4 is 20.3 Å². The number of nitrogens with zero attached hydrogens (tertiary/aromatic N) is 4. The van der Waals surface area contributed by atoms with E-state index in [0.29, 0.717) is 22.0 Å². The van der Waals surface area contributed by atoms with Crippen LogP contribution in [0.3, 0.4) is 0 Å². The number of benzene rings is 2. The number of aromatic nitrogens is 4. The van der Waals surface area contributed by atoms with Gasteiger partial charge in [0.1, 0.15) is 22.9 Å². The number of piperazine rings is 1. The first kappa shape index (κ1) is 21.5. The van der Waals surface area contributed by atoms with E-state index in [1.165, 1.54) is 11.3 Å². The van der Waals surface area contributed by atoms with Gasteiger partial charge in [0.05, 0.1) is 28.4 Å². The molecule has 0 saturated carbocycles. The number of nitrogens with one attached hydrogen (secondary N) is 3. The lowest BCUT2D eigenvalue weighted by atomic mass is 10.2. The number of rotatable bonds is 5. The Kier molecular flexibility index (Phi) is 5.51. The first-order chi connectivity index (χ1) is 17.2. The molecule has 4 heterocycles. The third-order valence-electron chi connectivity index (χ3n) is 6.04. The van der Waals surface area contributed by atoms with Gasteiger partial charge in [-0.1, -0.05) is 17.4 Å². The summed E-state index contributed by atoms with van der Waals surface area (Å²) in [5, 5.41) is 6.80. The summed E-state index contributed by atoms with van der Waals surface area (Å²) in [5.74, 6) is 2.13. The van der Waals surface area contributed by atoms with Crippen LogP contribution in [-0.4, -0.2) is 59.1 Å². The van der Waals surface area contributed by atoms with E-state index in [-0.39, 0.29) is 5.91 Å². The summed E-state index contributed by atoms with van der Waals surface area (Å²) in [6.45, 7) is 3.81. The Morgan fingerprint density at radius 3 is 2.80 bits per heavy atom. The second-order valence-corrected chi connectivity index (χ2v) is 9.27. The highest BCUT2D eigenvalue weighted by atomic mass is 32.1.